The molecule has 137 valence electrons. The minimum absolute atomic E-state index is 0.191. The number of benzene rings is 1. The van der Waals surface area contributed by atoms with Gasteiger partial charge in [0.15, 0.2) is 6.17 Å². The summed E-state index contributed by atoms with van der Waals surface area (Å²) in [5.74, 6) is -0.623. The molecule has 0 atom stereocenters. The molecule has 0 unspecified atom stereocenters. The van der Waals surface area contributed by atoms with Crippen LogP contribution in [-0.2, 0) is 9.47 Å². The van der Waals surface area contributed by atoms with Gasteiger partial charge in [0.1, 0.15) is 5.69 Å². The van der Waals surface area contributed by atoms with Crippen molar-refractivity contribution in [2.45, 2.75) is 20.8 Å². The van der Waals surface area contributed by atoms with Crippen molar-refractivity contribution in [1.29, 1.82) is 0 Å². The molecule has 0 aliphatic carbocycles. The fourth-order valence-electron chi connectivity index (χ4n) is 3.30. The van der Waals surface area contributed by atoms with Gasteiger partial charge in [-0.05, 0) is 26.3 Å². The number of aromatic nitrogens is 1. The van der Waals surface area contributed by atoms with Crippen molar-refractivity contribution in [3.63, 3.8) is 0 Å². The predicted octanol–water partition coefficient (Wildman–Crippen LogP) is 1.70. The summed E-state index contributed by atoms with van der Waals surface area (Å²) in [6, 6.07) is 9.78. The van der Waals surface area contributed by atoms with Crippen LogP contribution in [0.4, 0.5) is 0 Å². The second-order valence-electron chi connectivity index (χ2n) is 5.96. The van der Waals surface area contributed by atoms with Gasteiger partial charge in [0.05, 0.1) is 23.8 Å². The molecule has 3 rings (SSSR count). The molecule has 1 N–H and O–H groups in total. The Labute approximate surface area is 152 Å². The molecule has 1 aromatic heterocycles. The lowest BCUT2D eigenvalue weighted by atomic mass is 10.1. The molecule has 26 heavy (non-hydrogen) atoms. The van der Waals surface area contributed by atoms with Crippen molar-refractivity contribution < 1.29 is 19.4 Å². The number of carbonyl (C=O) groups excluding carboxylic acids is 1. The number of carbonyl (C=O) groups is 1. The Bertz CT molecular complexity index is 931. The van der Waals surface area contributed by atoms with Gasteiger partial charge in [0.25, 0.3) is 5.95 Å². The molecule has 0 amide bonds. The molecule has 1 aliphatic rings. The summed E-state index contributed by atoms with van der Waals surface area (Å²) in [6.45, 7) is 5.96. The van der Waals surface area contributed by atoms with Gasteiger partial charge in [-0.25, -0.2) is 4.79 Å². The van der Waals surface area contributed by atoms with Crippen molar-refractivity contribution >= 4 is 18.1 Å². The number of rotatable bonds is 5. The molecule has 1 aliphatic heterocycles. The van der Waals surface area contributed by atoms with Gasteiger partial charge >= 0.3 is 5.97 Å². The maximum atomic E-state index is 12.7. The highest BCUT2D eigenvalue weighted by molar-refractivity contribution is 5.90. The Morgan fingerprint density at radius 1 is 1.12 bits per heavy atom. The quantitative estimate of drug-likeness (QED) is 0.827. The van der Waals surface area contributed by atoms with Gasteiger partial charge in [-0.2, -0.15) is 0 Å². The maximum absolute atomic E-state index is 12.7. The highest BCUT2D eigenvalue weighted by atomic mass is 16.6. The molecule has 0 bridgehead atoms. The van der Waals surface area contributed by atoms with E-state index in [2.05, 4.69) is 0 Å². The van der Waals surface area contributed by atoms with Gasteiger partial charge in [0, 0.05) is 18.8 Å². The van der Waals surface area contributed by atoms with Crippen molar-refractivity contribution in [1.82, 2.24) is 9.47 Å². The third-order valence-corrected chi connectivity index (χ3v) is 4.31. The normalized spacial score (nSPS) is 14.7. The molecular weight excluding hydrogens is 332 g/mol. The first kappa shape index (κ1) is 17.9. The van der Waals surface area contributed by atoms with Crippen LogP contribution in [0.5, 0.6) is 0 Å². The van der Waals surface area contributed by atoms with Gasteiger partial charge < -0.3 is 24.0 Å². The van der Waals surface area contributed by atoms with E-state index in [0.29, 0.717) is 28.4 Å². The van der Waals surface area contributed by atoms with Crippen LogP contribution in [0.25, 0.3) is 12.1 Å². The molecule has 0 spiro atoms. The minimum atomic E-state index is -0.432. The Morgan fingerprint density at radius 3 is 2.38 bits per heavy atom. The average Bonchev–Trinajstić information content (AvgIpc) is 3.07. The Balaban J connectivity index is 2.33. The average molecular weight is 355 g/mol. The van der Waals surface area contributed by atoms with Gasteiger partial charge in [0.2, 0.25) is 0 Å². The van der Waals surface area contributed by atoms with Crippen LogP contribution in [0.1, 0.15) is 35.5 Å². The molecule has 2 aromatic rings. The molecule has 1 aromatic carbocycles. The molecule has 0 saturated heterocycles. The molecule has 0 saturated carbocycles. The van der Waals surface area contributed by atoms with E-state index in [1.807, 2.05) is 53.0 Å². The standard InChI is InChI=1S/C20H23N2O4/c1-5-25-19(23)16-13(3)17(20(24)26-6-2)22-15(16)12-21(4)18(22)14-10-8-7-9-11-14/h7-12,23H,5-6H2,1-4H3. The van der Waals surface area contributed by atoms with Crippen LogP contribution in [0, 0.1) is 13.1 Å². The second-order valence-corrected chi connectivity index (χ2v) is 5.96. The Hall–Kier alpha value is -2.89. The van der Waals surface area contributed by atoms with Crippen LogP contribution in [0.3, 0.4) is 0 Å². The highest BCUT2D eigenvalue weighted by Crippen LogP contribution is 2.25. The van der Waals surface area contributed by atoms with E-state index in [9.17, 15) is 9.90 Å². The lowest BCUT2D eigenvalue weighted by Gasteiger charge is -2.23. The van der Waals surface area contributed by atoms with Crippen LogP contribution < -0.4 is 10.6 Å². The number of aliphatic hydroxyl groups is 1. The van der Waals surface area contributed by atoms with Crippen LogP contribution in [0.15, 0.2) is 30.3 Å². The molecule has 6 heteroatoms. The van der Waals surface area contributed by atoms with E-state index in [0.717, 1.165) is 11.7 Å². The van der Waals surface area contributed by atoms with E-state index < -0.39 is 5.97 Å². The fraction of sp³-hybridized carbons (Fsp3) is 0.300. The van der Waals surface area contributed by atoms with Crippen LogP contribution in [-0.4, -0.2) is 40.8 Å². The topological polar surface area (TPSA) is 63.9 Å². The molecule has 1 radical (unpaired) electrons. The summed E-state index contributed by atoms with van der Waals surface area (Å²) in [6.07, 6.45) is 2.70. The number of nitrogens with zero attached hydrogens (tertiary/aromatic N) is 2. The monoisotopic (exact) mass is 355 g/mol. The van der Waals surface area contributed by atoms with Crippen LogP contribution in [0.2, 0.25) is 0 Å². The zero-order valence-electron chi connectivity index (χ0n) is 15.4. The SMILES string of the molecule is CCOC(=O)c1c(C)c(=C(O)OCC)c2n1[C](c1ccccc1)N(C)C=2. The number of ether oxygens (including phenoxy) is 2. The van der Waals surface area contributed by atoms with Crippen molar-refractivity contribution in [3.8, 4) is 0 Å². The lowest BCUT2D eigenvalue weighted by molar-refractivity contribution is 0.0513. The van der Waals surface area contributed by atoms with E-state index in [-0.39, 0.29) is 12.6 Å². The van der Waals surface area contributed by atoms with Gasteiger partial charge in [-0.3, -0.25) is 0 Å². The third-order valence-electron chi connectivity index (χ3n) is 4.31. The maximum Gasteiger partial charge on any atom is 0.355 e. The van der Waals surface area contributed by atoms with E-state index in [1.54, 1.807) is 20.8 Å². The number of fused-ring (bicyclic) bond motifs is 1. The summed E-state index contributed by atoms with van der Waals surface area (Å²) >= 11 is 0. The zero-order chi connectivity index (χ0) is 18.8. The Kier molecular flexibility index (Phi) is 4.93. The summed E-state index contributed by atoms with van der Waals surface area (Å²) < 4.78 is 12.4. The molecular formula is C20H23N2O4. The summed E-state index contributed by atoms with van der Waals surface area (Å²) in [5, 5.41) is 11.6. The third kappa shape index (κ3) is 2.81. The first-order chi connectivity index (χ1) is 12.5. The van der Waals surface area contributed by atoms with Crippen molar-refractivity contribution in [3.05, 3.63) is 63.9 Å². The molecule has 2 heterocycles. The van der Waals surface area contributed by atoms with E-state index >= 15 is 0 Å². The first-order valence-corrected chi connectivity index (χ1v) is 8.63. The van der Waals surface area contributed by atoms with Gasteiger partial charge in [-0.15, -0.1) is 0 Å². The molecule has 0 fully saturated rings. The fourth-order valence-corrected chi connectivity index (χ4v) is 3.30. The summed E-state index contributed by atoms with van der Waals surface area (Å²) in [7, 11) is 1.90. The summed E-state index contributed by atoms with van der Waals surface area (Å²) in [4.78, 5) is 14.6. The highest BCUT2D eigenvalue weighted by Gasteiger charge is 2.33. The first-order valence-electron chi connectivity index (χ1n) is 8.63. The largest absolute Gasteiger partial charge is 0.480 e. The van der Waals surface area contributed by atoms with Gasteiger partial charge in [-0.1, -0.05) is 30.3 Å². The number of hydrogen-bond acceptors (Lipinski definition) is 5. The van der Waals surface area contributed by atoms with Crippen LogP contribution >= 0.6 is 0 Å². The predicted molar refractivity (Wildman–Crippen MR) is 98.5 cm³/mol. The van der Waals surface area contributed by atoms with Crippen molar-refractivity contribution in [2.24, 2.45) is 0 Å². The smallest absolute Gasteiger partial charge is 0.355 e. The number of esters is 1. The number of hydrogen-bond donors (Lipinski definition) is 1. The summed E-state index contributed by atoms with van der Waals surface area (Å²) in [5.41, 5.74) is 1.97. The number of aliphatic hydroxyl groups excluding tert-OH is 1. The van der Waals surface area contributed by atoms with E-state index in [1.165, 1.54) is 0 Å². The Morgan fingerprint density at radius 2 is 1.77 bits per heavy atom. The zero-order valence-corrected chi connectivity index (χ0v) is 15.4. The lowest BCUT2D eigenvalue weighted by Crippen LogP contribution is -2.32. The second kappa shape index (κ2) is 7.15. The molecule has 6 nitrogen and oxygen atoms in total. The van der Waals surface area contributed by atoms with E-state index in [4.69, 9.17) is 9.47 Å². The minimum Gasteiger partial charge on any atom is -0.480 e. The van der Waals surface area contributed by atoms with Crippen molar-refractivity contribution in [2.75, 3.05) is 20.3 Å².